The third kappa shape index (κ3) is 5.37. The summed E-state index contributed by atoms with van der Waals surface area (Å²) in [5.41, 5.74) is 1.25. The van der Waals surface area contributed by atoms with Crippen molar-refractivity contribution < 1.29 is 27.4 Å². The molecule has 2 aromatic carbocycles. The summed E-state index contributed by atoms with van der Waals surface area (Å²) in [6.45, 7) is 5.44. The minimum Gasteiger partial charge on any atom is -0.496 e. The van der Waals surface area contributed by atoms with Gasteiger partial charge in [-0.2, -0.15) is 4.31 Å². The highest BCUT2D eigenvalue weighted by Crippen LogP contribution is 2.39. The topological polar surface area (TPSA) is 94.2 Å². The SMILES string of the molecule is COc1ccc(S(=O)(=O)N2CCOCC2)cc1CCC(=O)N[C@@H]1CC(C)(C)Oc2ccccc21. The van der Waals surface area contributed by atoms with Crippen molar-refractivity contribution >= 4 is 15.9 Å². The molecule has 2 aliphatic rings. The first-order chi connectivity index (χ1) is 16.2. The number of morpholine rings is 1. The normalized spacial score (nSPS) is 20.1. The number of aryl methyl sites for hydroxylation is 1. The Morgan fingerprint density at radius 2 is 1.91 bits per heavy atom. The number of carbonyl (C=O) groups is 1. The maximum absolute atomic E-state index is 13.1. The van der Waals surface area contributed by atoms with Crippen LogP contribution in [-0.2, 0) is 26.0 Å². The fourth-order valence-electron chi connectivity index (χ4n) is 4.49. The van der Waals surface area contributed by atoms with Crippen molar-refractivity contribution in [3.63, 3.8) is 0 Å². The molecule has 1 N–H and O–H groups in total. The van der Waals surface area contributed by atoms with Crippen LogP contribution in [-0.4, -0.2) is 57.6 Å². The summed E-state index contributed by atoms with van der Waals surface area (Å²) in [7, 11) is -2.10. The van der Waals surface area contributed by atoms with Crippen molar-refractivity contribution in [3.05, 3.63) is 53.6 Å². The summed E-state index contributed by atoms with van der Waals surface area (Å²) in [4.78, 5) is 13.1. The van der Waals surface area contributed by atoms with Gasteiger partial charge in [-0.25, -0.2) is 8.42 Å². The molecule has 34 heavy (non-hydrogen) atoms. The number of ether oxygens (including phenoxy) is 3. The predicted molar refractivity (Wildman–Crippen MR) is 128 cm³/mol. The number of nitrogens with one attached hydrogen (secondary N) is 1. The molecule has 0 bridgehead atoms. The monoisotopic (exact) mass is 488 g/mol. The van der Waals surface area contributed by atoms with Gasteiger partial charge >= 0.3 is 0 Å². The summed E-state index contributed by atoms with van der Waals surface area (Å²) < 4.78 is 44.3. The van der Waals surface area contributed by atoms with E-state index in [0.717, 1.165) is 11.3 Å². The number of benzene rings is 2. The minimum absolute atomic E-state index is 0.110. The maximum atomic E-state index is 13.1. The Morgan fingerprint density at radius 3 is 2.65 bits per heavy atom. The second-order valence-electron chi connectivity index (χ2n) is 9.21. The summed E-state index contributed by atoms with van der Waals surface area (Å²) in [5.74, 6) is 1.24. The van der Waals surface area contributed by atoms with Gasteiger partial charge in [0.1, 0.15) is 17.1 Å². The van der Waals surface area contributed by atoms with Gasteiger partial charge in [0.05, 0.1) is 31.3 Å². The van der Waals surface area contributed by atoms with Gasteiger partial charge in [-0.15, -0.1) is 0 Å². The first-order valence-corrected chi connectivity index (χ1v) is 13.0. The van der Waals surface area contributed by atoms with E-state index in [9.17, 15) is 13.2 Å². The van der Waals surface area contributed by atoms with Gasteiger partial charge in [0.25, 0.3) is 0 Å². The molecule has 0 saturated carbocycles. The third-order valence-electron chi connectivity index (χ3n) is 6.19. The Bertz CT molecular complexity index is 1140. The fraction of sp³-hybridized carbons (Fsp3) is 0.480. The van der Waals surface area contributed by atoms with Gasteiger partial charge < -0.3 is 19.5 Å². The number of nitrogens with zero attached hydrogens (tertiary/aromatic N) is 1. The van der Waals surface area contributed by atoms with Crippen LogP contribution in [0.4, 0.5) is 0 Å². The molecule has 2 aromatic rings. The standard InChI is InChI=1S/C25H32N2O6S/c1-25(2)17-21(20-6-4-5-7-23(20)33-25)26-24(28)11-8-18-16-19(9-10-22(18)31-3)34(29,30)27-12-14-32-15-13-27/h4-7,9-10,16,21H,8,11-15,17H2,1-3H3,(H,26,28)/t21-/m1/s1. The van der Waals surface area contributed by atoms with Crippen LogP contribution in [0.3, 0.4) is 0 Å². The number of hydrogen-bond acceptors (Lipinski definition) is 6. The Balaban J connectivity index is 1.47. The Morgan fingerprint density at radius 1 is 1.18 bits per heavy atom. The van der Waals surface area contributed by atoms with E-state index in [-0.39, 0.29) is 23.3 Å². The molecule has 0 spiro atoms. The number of amides is 1. The minimum atomic E-state index is -3.63. The predicted octanol–water partition coefficient (Wildman–Crippen LogP) is 3.07. The largest absolute Gasteiger partial charge is 0.496 e. The van der Waals surface area contributed by atoms with Gasteiger partial charge in [0.15, 0.2) is 0 Å². The molecule has 4 rings (SSSR count). The quantitative estimate of drug-likeness (QED) is 0.644. The number of hydrogen-bond donors (Lipinski definition) is 1. The van der Waals surface area contributed by atoms with Crippen molar-refractivity contribution in [2.75, 3.05) is 33.4 Å². The Kier molecular flexibility index (Phi) is 7.16. The van der Waals surface area contributed by atoms with Crippen molar-refractivity contribution in [2.45, 2.75) is 49.6 Å². The van der Waals surface area contributed by atoms with Crippen molar-refractivity contribution in [1.29, 1.82) is 0 Å². The van der Waals surface area contributed by atoms with Crippen LogP contribution in [0.1, 0.15) is 43.9 Å². The van der Waals surface area contributed by atoms with Crippen molar-refractivity contribution in [2.24, 2.45) is 0 Å². The lowest BCUT2D eigenvalue weighted by molar-refractivity contribution is -0.122. The van der Waals surface area contributed by atoms with Crippen molar-refractivity contribution in [1.82, 2.24) is 9.62 Å². The van der Waals surface area contributed by atoms with E-state index in [1.807, 2.05) is 38.1 Å². The van der Waals surface area contributed by atoms with E-state index < -0.39 is 15.6 Å². The molecule has 9 heteroatoms. The maximum Gasteiger partial charge on any atom is 0.243 e. The molecule has 1 atom stereocenters. The zero-order chi connectivity index (χ0) is 24.3. The molecule has 2 heterocycles. The van der Waals surface area contributed by atoms with Crippen LogP contribution in [0.5, 0.6) is 11.5 Å². The summed E-state index contributed by atoms with van der Waals surface area (Å²) in [6.07, 6.45) is 1.22. The second-order valence-corrected chi connectivity index (χ2v) is 11.2. The summed E-state index contributed by atoms with van der Waals surface area (Å²) >= 11 is 0. The molecule has 8 nitrogen and oxygen atoms in total. The molecule has 0 aliphatic carbocycles. The molecule has 1 fully saturated rings. The highest BCUT2D eigenvalue weighted by molar-refractivity contribution is 7.89. The highest BCUT2D eigenvalue weighted by atomic mass is 32.2. The van der Waals surface area contributed by atoms with E-state index in [2.05, 4.69) is 5.32 Å². The molecule has 2 aliphatic heterocycles. The molecule has 184 valence electrons. The number of methoxy groups -OCH3 is 1. The molecular formula is C25H32N2O6S. The molecule has 1 amide bonds. The molecule has 1 saturated heterocycles. The average Bonchev–Trinajstić information content (AvgIpc) is 2.82. The second kappa shape index (κ2) is 9.93. The van der Waals surface area contributed by atoms with Crippen LogP contribution in [0.25, 0.3) is 0 Å². The number of carbonyl (C=O) groups excluding carboxylic acids is 1. The zero-order valence-electron chi connectivity index (χ0n) is 19.9. The molecule has 0 radical (unpaired) electrons. The van der Waals surface area contributed by atoms with E-state index in [1.165, 1.54) is 11.4 Å². The Hall–Kier alpha value is -2.62. The number of fused-ring (bicyclic) bond motifs is 1. The first kappa shape index (κ1) is 24.5. The van der Waals surface area contributed by atoms with E-state index in [1.54, 1.807) is 18.2 Å². The highest BCUT2D eigenvalue weighted by Gasteiger charge is 2.34. The third-order valence-corrected chi connectivity index (χ3v) is 8.09. The smallest absolute Gasteiger partial charge is 0.243 e. The van der Waals surface area contributed by atoms with Crippen LogP contribution >= 0.6 is 0 Å². The lowest BCUT2D eigenvalue weighted by atomic mass is 9.89. The first-order valence-electron chi connectivity index (χ1n) is 11.5. The van der Waals surface area contributed by atoms with E-state index in [4.69, 9.17) is 14.2 Å². The fourth-order valence-corrected chi connectivity index (χ4v) is 5.95. The number of para-hydroxylation sites is 1. The summed E-state index contributed by atoms with van der Waals surface area (Å²) in [6, 6.07) is 12.4. The molecule has 0 aromatic heterocycles. The Labute approximate surface area is 201 Å². The lowest BCUT2D eigenvalue weighted by Gasteiger charge is -2.37. The number of sulfonamides is 1. The van der Waals surface area contributed by atoms with Gasteiger partial charge in [-0.1, -0.05) is 18.2 Å². The van der Waals surface area contributed by atoms with E-state index in [0.29, 0.717) is 50.5 Å². The van der Waals surface area contributed by atoms with Crippen LogP contribution in [0, 0.1) is 0 Å². The van der Waals surface area contributed by atoms with Crippen molar-refractivity contribution in [3.8, 4) is 11.5 Å². The lowest BCUT2D eigenvalue weighted by Crippen LogP contribution is -2.41. The van der Waals surface area contributed by atoms with Crippen LogP contribution < -0.4 is 14.8 Å². The van der Waals surface area contributed by atoms with Crippen LogP contribution in [0.15, 0.2) is 47.4 Å². The van der Waals surface area contributed by atoms with Gasteiger partial charge in [0.2, 0.25) is 15.9 Å². The zero-order valence-corrected chi connectivity index (χ0v) is 20.7. The van der Waals surface area contributed by atoms with Crippen LogP contribution in [0.2, 0.25) is 0 Å². The number of rotatable bonds is 7. The van der Waals surface area contributed by atoms with Gasteiger partial charge in [-0.3, -0.25) is 4.79 Å². The molecular weight excluding hydrogens is 456 g/mol. The average molecular weight is 489 g/mol. The van der Waals surface area contributed by atoms with Gasteiger partial charge in [-0.05, 0) is 50.1 Å². The van der Waals surface area contributed by atoms with Gasteiger partial charge in [0, 0.05) is 31.5 Å². The van der Waals surface area contributed by atoms with E-state index >= 15 is 0 Å². The summed E-state index contributed by atoms with van der Waals surface area (Å²) in [5, 5.41) is 3.13. The molecule has 0 unspecified atom stereocenters.